The van der Waals surface area contributed by atoms with Crippen LogP contribution in [0.1, 0.15) is 41.3 Å². The molecule has 1 unspecified atom stereocenters. The first-order valence-electron chi connectivity index (χ1n) is 9.40. The van der Waals surface area contributed by atoms with Gasteiger partial charge in [-0.15, -0.1) is 0 Å². The van der Waals surface area contributed by atoms with Gasteiger partial charge >= 0.3 is 5.97 Å². The summed E-state index contributed by atoms with van der Waals surface area (Å²) in [6.07, 6.45) is 0.243. The molecule has 0 fully saturated rings. The molecule has 0 aliphatic rings. The van der Waals surface area contributed by atoms with E-state index in [4.69, 9.17) is 4.74 Å². The van der Waals surface area contributed by atoms with Crippen molar-refractivity contribution in [2.75, 3.05) is 13.7 Å². The van der Waals surface area contributed by atoms with E-state index in [0.29, 0.717) is 12.1 Å². The third-order valence-electron chi connectivity index (χ3n) is 4.61. The van der Waals surface area contributed by atoms with Gasteiger partial charge in [0.05, 0.1) is 13.0 Å². The number of rotatable bonds is 9. The summed E-state index contributed by atoms with van der Waals surface area (Å²) in [5.41, 5.74) is 2.66. The van der Waals surface area contributed by atoms with Crippen molar-refractivity contribution < 1.29 is 19.1 Å². The third-order valence-corrected chi connectivity index (χ3v) is 4.61. The average Bonchev–Trinajstić information content (AvgIpc) is 2.71. The van der Waals surface area contributed by atoms with Crippen molar-refractivity contribution in [3.05, 3.63) is 71.3 Å². The van der Waals surface area contributed by atoms with Crippen molar-refractivity contribution in [3.63, 3.8) is 0 Å². The SMILES string of the molecule is COC(=O)C(C)CN(Cc1ccccc1)C(=O)CCC(=O)c1ccc(C)cc1. The smallest absolute Gasteiger partial charge is 0.310 e. The quantitative estimate of drug-likeness (QED) is 0.490. The molecular weight excluding hydrogens is 354 g/mol. The lowest BCUT2D eigenvalue weighted by Crippen LogP contribution is -2.37. The van der Waals surface area contributed by atoms with E-state index in [2.05, 4.69) is 0 Å². The Bertz CT molecular complexity index is 799. The Morgan fingerprint density at radius 1 is 0.964 bits per heavy atom. The fourth-order valence-corrected chi connectivity index (χ4v) is 2.93. The van der Waals surface area contributed by atoms with Gasteiger partial charge in [0.25, 0.3) is 0 Å². The molecule has 0 spiro atoms. The van der Waals surface area contributed by atoms with Crippen LogP contribution in [0.3, 0.4) is 0 Å². The Kier molecular flexibility index (Phi) is 7.93. The van der Waals surface area contributed by atoms with Crippen molar-refractivity contribution in [1.29, 1.82) is 0 Å². The Balaban J connectivity index is 2.03. The van der Waals surface area contributed by atoms with E-state index in [1.807, 2.05) is 49.4 Å². The van der Waals surface area contributed by atoms with Gasteiger partial charge in [0.15, 0.2) is 5.78 Å². The number of benzene rings is 2. The number of methoxy groups -OCH3 is 1. The molecule has 0 heterocycles. The molecule has 5 heteroatoms. The van der Waals surface area contributed by atoms with Gasteiger partial charge in [0.2, 0.25) is 5.91 Å². The van der Waals surface area contributed by atoms with E-state index < -0.39 is 5.92 Å². The highest BCUT2D eigenvalue weighted by molar-refractivity contribution is 5.98. The Labute approximate surface area is 166 Å². The van der Waals surface area contributed by atoms with Crippen LogP contribution in [0, 0.1) is 12.8 Å². The molecular formula is C23H27NO4. The van der Waals surface area contributed by atoms with Crippen molar-refractivity contribution in [2.24, 2.45) is 5.92 Å². The van der Waals surface area contributed by atoms with Gasteiger partial charge in [-0.1, -0.05) is 67.1 Å². The van der Waals surface area contributed by atoms with Crippen molar-refractivity contribution >= 4 is 17.7 Å². The van der Waals surface area contributed by atoms with E-state index in [1.54, 1.807) is 24.0 Å². The van der Waals surface area contributed by atoms with Crippen molar-refractivity contribution in [3.8, 4) is 0 Å². The Morgan fingerprint density at radius 3 is 2.21 bits per heavy atom. The first kappa shape index (κ1) is 21.4. The predicted molar refractivity (Wildman–Crippen MR) is 108 cm³/mol. The monoisotopic (exact) mass is 381 g/mol. The van der Waals surface area contributed by atoms with Crippen LogP contribution in [0.5, 0.6) is 0 Å². The summed E-state index contributed by atoms with van der Waals surface area (Å²) >= 11 is 0. The lowest BCUT2D eigenvalue weighted by molar-refractivity contribution is -0.146. The molecule has 0 aliphatic carbocycles. The standard InChI is InChI=1S/C23H27NO4/c1-17-9-11-20(12-10-17)21(25)13-14-22(26)24(15-18(2)23(27)28-3)16-19-7-5-4-6-8-19/h4-12,18H,13-16H2,1-3H3. The van der Waals surface area contributed by atoms with Gasteiger partial charge < -0.3 is 9.64 Å². The third kappa shape index (κ3) is 6.34. The number of hydrogen-bond acceptors (Lipinski definition) is 4. The van der Waals surface area contributed by atoms with E-state index in [-0.39, 0.29) is 37.0 Å². The first-order valence-corrected chi connectivity index (χ1v) is 9.40. The summed E-state index contributed by atoms with van der Waals surface area (Å²) in [5.74, 6) is -1.01. The molecule has 1 atom stereocenters. The number of carbonyl (C=O) groups is 3. The molecule has 2 rings (SSSR count). The molecule has 0 radical (unpaired) electrons. The van der Waals surface area contributed by atoms with Crippen LogP contribution in [-0.4, -0.2) is 36.2 Å². The molecule has 28 heavy (non-hydrogen) atoms. The summed E-state index contributed by atoms with van der Waals surface area (Å²) < 4.78 is 4.78. The van der Waals surface area contributed by atoms with Crippen molar-refractivity contribution in [2.45, 2.75) is 33.2 Å². The van der Waals surface area contributed by atoms with Gasteiger partial charge in [-0.05, 0) is 12.5 Å². The first-order chi connectivity index (χ1) is 13.4. The highest BCUT2D eigenvalue weighted by atomic mass is 16.5. The number of carbonyl (C=O) groups excluding carboxylic acids is 3. The molecule has 5 nitrogen and oxygen atoms in total. The number of amides is 1. The van der Waals surface area contributed by atoms with Crippen LogP contribution in [-0.2, 0) is 20.9 Å². The van der Waals surface area contributed by atoms with Gasteiger partial charge in [-0.2, -0.15) is 0 Å². The lowest BCUT2D eigenvalue weighted by atomic mass is 10.0. The zero-order valence-corrected chi connectivity index (χ0v) is 16.7. The molecule has 0 saturated carbocycles. The van der Waals surface area contributed by atoms with Gasteiger partial charge in [-0.25, -0.2) is 0 Å². The number of esters is 1. The molecule has 0 saturated heterocycles. The molecule has 0 aliphatic heterocycles. The van der Waals surface area contributed by atoms with Crippen LogP contribution < -0.4 is 0 Å². The van der Waals surface area contributed by atoms with E-state index in [1.165, 1.54) is 7.11 Å². The number of ether oxygens (including phenoxy) is 1. The van der Waals surface area contributed by atoms with E-state index >= 15 is 0 Å². The maximum absolute atomic E-state index is 12.8. The number of nitrogens with zero attached hydrogens (tertiary/aromatic N) is 1. The van der Waals surface area contributed by atoms with Crippen LogP contribution in [0.2, 0.25) is 0 Å². The lowest BCUT2D eigenvalue weighted by Gasteiger charge is -2.25. The van der Waals surface area contributed by atoms with E-state index in [0.717, 1.165) is 11.1 Å². The normalized spacial score (nSPS) is 11.5. The summed E-state index contributed by atoms with van der Waals surface area (Å²) in [5, 5.41) is 0. The molecule has 1 amide bonds. The summed E-state index contributed by atoms with van der Waals surface area (Å²) in [6, 6.07) is 16.9. The van der Waals surface area contributed by atoms with Crippen LogP contribution in [0.25, 0.3) is 0 Å². The highest BCUT2D eigenvalue weighted by Crippen LogP contribution is 2.13. The van der Waals surface area contributed by atoms with Gasteiger partial charge in [0.1, 0.15) is 0 Å². The minimum Gasteiger partial charge on any atom is -0.469 e. The zero-order chi connectivity index (χ0) is 20.5. The second kappa shape index (κ2) is 10.4. The fourth-order valence-electron chi connectivity index (χ4n) is 2.93. The fraction of sp³-hybridized carbons (Fsp3) is 0.348. The number of ketones is 1. The molecule has 148 valence electrons. The molecule has 0 bridgehead atoms. The summed E-state index contributed by atoms with van der Waals surface area (Å²) in [7, 11) is 1.34. The van der Waals surface area contributed by atoms with Gasteiger partial charge in [0, 0.05) is 31.5 Å². The summed E-state index contributed by atoms with van der Waals surface area (Å²) in [6.45, 7) is 4.33. The Hall–Kier alpha value is -2.95. The second-order valence-electron chi connectivity index (χ2n) is 6.97. The van der Waals surface area contributed by atoms with Crippen LogP contribution in [0.15, 0.2) is 54.6 Å². The van der Waals surface area contributed by atoms with Gasteiger partial charge in [-0.3, -0.25) is 14.4 Å². The Morgan fingerprint density at radius 2 is 1.61 bits per heavy atom. The number of Topliss-reactive ketones (excluding diaryl/α,β-unsaturated/α-hetero) is 1. The minimum atomic E-state index is -0.439. The molecule has 0 N–H and O–H groups in total. The molecule has 0 aromatic heterocycles. The molecule has 2 aromatic rings. The number of hydrogen-bond donors (Lipinski definition) is 0. The molecule has 2 aromatic carbocycles. The summed E-state index contributed by atoms with van der Waals surface area (Å²) in [4.78, 5) is 38.6. The minimum absolute atomic E-state index is 0.0611. The van der Waals surface area contributed by atoms with Crippen LogP contribution in [0.4, 0.5) is 0 Å². The average molecular weight is 381 g/mol. The largest absolute Gasteiger partial charge is 0.469 e. The van der Waals surface area contributed by atoms with Crippen molar-refractivity contribution in [1.82, 2.24) is 4.90 Å². The maximum atomic E-state index is 12.8. The second-order valence-corrected chi connectivity index (χ2v) is 6.97. The zero-order valence-electron chi connectivity index (χ0n) is 16.7. The van der Waals surface area contributed by atoms with Crippen LogP contribution >= 0.6 is 0 Å². The van der Waals surface area contributed by atoms with E-state index in [9.17, 15) is 14.4 Å². The number of aryl methyl sites for hydroxylation is 1. The maximum Gasteiger partial charge on any atom is 0.310 e. The highest BCUT2D eigenvalue weighted by Gasteiger charge is 2.22. The predicted octanol–water partition coefficient (Wildman–Crippen LogP) is 3.80. The topological polar surface area (TPSA) is 63.7 Å².